The van der Waals surface area contributed by atoms with Gasteiger partial charge in [0.1, 0.15) is 11.4 Å². The SMILES string of the molecule is COc1ccc(-c2nn(-c3ccccc3)cc2C(=O)N[C@H]2CCCNC2)cc1. The van der Waals surface area contributed by atoms with E-state index < -0.39 is 0 Å². The predicted octanol–water partition coefficient (Wildman–Crippen LogP) is 3.03. The van der Waals surface area contributed by atoms with Gasteiger partial charge in [0.05, 0.1) is 18.4 Å². The molecule has 144 valence electrons. The summed E-state index contributed by atoms with van der Waals surface area (Å²) < 4.78 is 7.00. The third kappa shape index (κ3) is 3.92. The van der Waals surface area contributed by atoms with Crippen LogP contribution in [0.3, 0.4) is 0 Å². The van der Waals surface area contributed by atoms with Crippen LogP contribution in [0.4, 0.5) is 0 Å². The highest BCUT2D eigenvalue weighted by atomic mass is 16.5. The summed E-state index contributed by atoms with van der Waals surface area (Å²) in [6.07, 6.45) is 3.86. The first kappa shape index (κ1) is 18.3. The highest BCUT2D eigenvalue weighted by molar-refractivity contribution is 6.00. The molecule has 6 nitrogen and oxygen atoms in total. The molecule has 0 radical (unpaired) electrons. The summed E-state index contributed by atoms with van der Waals surface area (Å²) in [4.78, 5) is 13.1. The van der Waals surface area contributed by atoms with E-state index in [0.29, 0.717) is 11.3 Å². The molecule has 0 saturated carbocycles. The van der Waals surface area contributed by atoms with Crippen LogP contribution in [0.25, 0.3) is 16.9 Å². The molecule has 1 aliphatic heterocycles. The van der Waals surface area contributed by atoms with Crippen LogP contribution in [0.5, 0.6) is 5.75 Å². The number of nitrogens with one attached hydrogen (secondary N) is 2. The Morgan fingerprint density at radius 3 is 2.64 bits per heavy atom. The minimum absolute atomic E-state index is 0.0956. The number of rotatable bonds is 5. The van der Waals surface area contributed by atoms with E-state index in [2.05, 4.69) is 10.6 Å². The van der Waals surface area contributed by atoms with Crippen molar-refractivity contribution >= 4 is 5.91 Å². The Morgan fingerprint density at radius 1 is 1.18 bits per heavy atom. The van der Waals surface area contributed by atoms with Gasteiger partial charge in [0, 0.05) is 24.3 Å². The summed E-state index contributed by atoms with van der Waals surface area (Å²) >= 11 is 0. The molecule has 1 aliphatic rings. The van der Waals surface area contributed by atoms with Crippen molar-refractivity contribution in [2.75, 3.05) is 20.2 Å². The Bertz CT molecular complexity index is 929. The minimum atomic E-state index is -0.0956. The van der Waals surface area contributed by atoms with Crippen molar-refractivity contribution in [2.24, 2.45) is 0 Å². The van der Waals surface area contributed by atoms with Crippen LogP contribution in [-0.4, -0.2) is 41.9 Å². The summed E-state index contributed by atoms with van der Waals surface area (Å²) in [5, 5.41) is 11.2. The van der Waals surface area contributed by atoms with Crippen molar-refractivity contribution < 1.29 is 9.53 Å². The first-order valence-corrected chi connectivity index (χ1v) is 9.55. The number of para-hydroxylation sites is 1. The first-order valence-electron chi connectivity index (χ1n) is 9.55. The Labute approximate surface area is 164 Å². The van der Waals surface area contributed by atoms with E-state index in [1.54, 1.807) is 18.0 Å². The average molecular weight is 376 g/mol. The van der Waals surface area contributed by atoms with E-state index in [0.717, 1.165) is 42.9 Å². The van der Waals surface area contributed by atoms with Crippen molar-refractivity contribution in [3.05, 3.63) is 66.4 Å². The number of hydrogen-bond acceptors (Lipinski definition) is 4. The molecule has 0 aliphatic carbocycles. The van der Waals surface area contributed by atoms with Crippen molar-refractivity contribution in [2.45, 2.75) is 18.9 Å². The lowest BCUT2D eigenvalue weighted by atomic mass is 10.1. The number of carbonyl (C=O) groups excluding carboxylic acids is 1. The van der Waals surface area contributed by atoms with E-state index in [1.165, 1.54) is 0 Å². The highest BCUT2D eigenvalue weighted by Crippen LogP contribution is 2.26. The van der Waals surface area contributed by atoms with Crippen LogP contribution in [0.15, 0.2) is 60.8 Å². The largest absolute Gasteiger partial charge is 0.497 e. The van der Waals surface area contributed by atoms with Gasteiger partial charge in [-0.3, -0.25) is 4.79 Å². The molecule has 0 bridgehead atoms. The molecule has 1 fully saturated rings. The Morgan fingerprint density at radius 2 is 1.96 bits per heavy atom. The molecule has 3 aromatic rings. The van der Waals surface area contributed by atoms with Gasteiger partial charge in [0.15, 0.2) is 0 Å². The lowest BCUT2D eigenvalue weighted by molar-refractivity contribution is 0.0931. The van der Waals surface area contributed by atoms with Gasteiger partial charge in [0.2, 0.25) is 0 Å². The number of aromatic nitrogens is 2. The number of nitrogens with zero attached hydrogens (tertiary/aromatic N) is 2. The Kier molecular flexibility index (Phi) is 5.39. The highest BCUT2D eigenvalue weighted by Gasteiger charge is 2.22. The molecular weight excluding hydrogens is 352 g/mol. The number of hydrogen-bond donors (Lipinski definition) is 2. The van der Waals surface area contributed by atoms with Crippen LogP contribution in [0, 0.1) is 0 Å². The molecule has 4 rings (SSSR count). The second-order valence-electron chi connectivity index (χ2n) is 6.92. The molecule has 1 atom stereocenters. The van der Waals surface area contributed by atoms with Crippen molar-refractivity contribution in [1.29, 1.82) is 0 Å². The lowest BCUT2D eigenvalue weighted by Gasteiger charge is -2.23. The molecule has 2 heterocycles. The zero-order valence-electron chi connectivity index (χ0n) is 15.9. The standard InChI is InChI=1S/C22H24N4O2/c1-28-19-11-9-16(10-12-19)21-20(22(27)24-17-6-5-13-23-14-17)15-26(25-21)18-7-3-2-4-8-18/h2-4,7-12,15,17,23H,5-6,13-14H2,1H3,(H,24,27)/t17-/m0/s1. The van der Waals surface area contributed by atoms with Gasteiger partial charge in [-0.1, -0.05) is 18.2 Å². The maximum absolute atomic E-state index is 13.1. The minimum Gasteiger partial charge on any atom is -0.497 e. The monoisotopic (exact) mass is 376 g/mol. The number of amides is 1. The van der Waals surface area contributed by atoms with Gasteiger partial charge >= 0.3 is 0 Å². The quantitative estimate of drug-likeness (QED) is 0.718. The first-order chi connectivity index (χ1) is 13.7. The van der Waals surface area contributed by atoms with E-state index in [9.17, 15) is 4.79 Å². The fourth-order valence-corrected chi connectivity index (χ4v) is 3.45. The van der Waals surface area contributed by atoms with Crippen molar-refractivity contribution in [3.63, 3.8) is 0 Å². The molecule has 2 N–H and O–H groups in total. The zero-order chi connectivity index (χ0) is 19.3. The van der Waals surface area contributed by atoms with E-state index >= 15 is 0 Å². The topological polar surface area (TPSA) is 68.2 Å². The summed E-state index contributed by atoms with van der Waals surface area (Å²) in [5.41, 5.74) is 3.02. The predicted molar refractivity (Wildman–Crippen MR) is 109 cm³/mol. The summed E-state index contributed by atoms with van der Waals surface area (Å²) in [6.45, 7) is 1.81. The fourth-order valence-electron chi connectivity index (χ4n) is 3.45. The molecule has 1 aromatic heterocycles. The number of ether oxygens (including phenoxy) is 1. The third-order valence-electron chi connectivity index (χ3n) is 4.98. The molecule has 0 spiro atoms. The lowest BCUT2D eigenvalue weighted by Crippen LogP contribution is -2.45. The maximum Gasteiger partial charge on any atom is 0.255 e. The molecule has 2 aromatic carbocycles. The number of benzene rings is 2. The van der Waals surface area contributed by atoms with Gasteiger partial charge < -0.3 is 15.4 Å². The Hall–Kier alpha value is -3.12. The van der Waals surface area contributed by atoms with E-state index in [-0.39, 0.29) is 11.9 Å². The normalized spacial score (nSPS) is 16.5. The zero-order valence-corrected chi connectivity index (χ0v) is 15.9. The second kappa shape index (κ2) is 8.27. The summed E-state index contributed by atoms with van der Waals surface area (Å²) in [7, 11) is 1.64. The smallest absolute Gasteiger partial charge is 0.255 e. The number of methoxy groups -OCH3 is 1. The van der Waals surface area contributed by atoms with Crippen molar-refractivity contribution in [3.8, 4) is 22.7 Å². The van der Waals surface area contributed by atoms with Crippen LogP contribution in [0.2, 0.25) is 0 Å². The van der Waals surface area contributed by atoms with Crippen LogP contribution in [-0.2, 0) is 0 Å². The molecule has 1 saturated heterocycles. The summed E-state index contributed by atoms with van der Waals surface area (Å²) in [5.74, 6) is 0.673. The number of carbonyl (C=O) groups is 1. The van der Waals surface area contributed by atoms with Crippen LogP contribution < -0.4 is 15.4 Å². The van der Waals surface area contributed by atoms with E-state index in [1.807, 2.05) is 54.6 Å². The van der Waals surface area contributed by atoms with Crippen LogP contribution >= 0.6 is 0 Å². The molecule has 6 heteroatoms. The van der Waals surface area contributed by atoms with Crippen molar-refractivity contribution in [1.82, 2.24) is 20.4 Å². The third-order valence-corrected chi connectivity index (χ3v) is 4.98. The maximum atomic E-state index is 13.1. The van der Waals surface area contributed by atoms with Gasteiger partial charge in [-0.2, -0.15) is 5.10 Å². The fraction of sp³-hybridized carbons (Fsp3) is 0.273. The van der Waals surface area contributed by atoms with Gasteiger partial charge in [-0.25, -0.2) is 4.68 Å². The molecule has 0 unspecified atom stereocenters. The van der Waals surface area contributed by atoms with Crippen LogP contribution in [0.1, 0.15) is 23.2 Å². The molecule has 1 amide bonds. The Balaban J connectivity index is 1.69. The second-order valence-corrected chi connectivity index (χ2v) is 6.92. The summed E-state index contributed by atoms with van der Waals surface area (Å²) in [6, 6.07) is 17.6. The van der Waals surface area contributed by atoms with Gasteiger partial charge in [0.25, 0.3) is 5.91 Å². The number of piperidine rings is 1. The molecule has 28 heavy (non-hydrogen) atoms. The van der Waals surface area contributed by atoms with E-state index in [4.69, 9.17) is 9.84 Å². The van der Waals surface area contributed by atoms with Gasteiger partial charge in [-0.15, -0.1) is 0 Å². The van der Waals surface area contributed by atoms with Gasteiger partial charge in [-0.05, 0) is 55.8 Å². The molecular formula is C22H24N4O2. The average Bonchev–Trinajstić information content (AvgIpc) is 3.21.